The zero-order valence-corrected chi connectivity index (χ0v) is 8.40. The second-order valence-corrected chi connectivity index (χ2v) is 3.71. The van der Waals surface area contributed by atoms with Gasteiger partial charge in [0.2, 0.25) is 0 Å². The van der Waals surface area contributed by atoms with E-state index >= 15 is 0 Å². The van der Waals surface area contributed by atoms with Crippen LogP contribution in [0.15, 0.2) is 30.0 Å². The molecule has 0 amide bonds. The first-order valence-corrected chi connectivity index (χ1v) is 4.88. The SMILES string of the molecule is CC1=CCCN(c2cc(N)ccn2)C1. The molecular formula is C11H15N3. The molecule has 1 aromatic heterocycles. The van der Waals surface area contributed by atoms with Crippen LogP contribution < -0.4 is 10.6 Å². The van der Waals surface area contributed by atoms with Crippen LogP contribution in [0.5, 0.6) is 0 Å². The molecular weight excluding hydrogens is 174 g/mol. The first-order valence-electron chi connectivity index (χ1n) is 4.88. The summed E-state index contributed by atoms with van der Waals surface area (Å²) in [5.74, 6) is 0.984. The lowest BCUT2D eigenvalue weighted by Crippen LogP contribution is -2.29. The third-order valence-corrected chi connectivity index (χ3v) is 2.43. The maximum Gasteiger partial charge on any atom is 0.130 e. The van der Waals surface area contributed by atoms with Gasteiger partial charge in [-0.1, -0.05) is 11.6 Å². The molecule has 3 nitrogen and oxygen atoms in total. The number of aromatic nitrogens is 1. The van der Waals surface area contributed by atoms with E-state index in [0.29, 0.717) is 0 Å². The van der Waals surface area contributed by atoms with Crippen molar-refractivity contribution in [3.63, 3.8) is 0 Å². The maximum atomic E-state index is 5.72. The minimum absolute atomic E-state index is 0.780. The summed E-state index contributed by atoms with van der Waals surface area (Å²) < 4.78 is 0. The summed E-state index contributed by atoms with van der Waals surface area (Å²) in [5.41, 5.74) is 7.90. The van der Waals surface area contributed by atoms with E-state index in [0.717, 1.165) is 31.0 Å². The average molecular weight is 189 g/mol. The molecule has 0 saturated carbocycles. The van der Waals surface area contributed by atoms with Crippen molar-refractivity contribution in [2.45, 2.75) is 13.3 Å². The Hall–Kier alpha value is -1.51. The molecule has 1 aliphatic rings. The molecule has 2 N–H and O–H groups in total. The van der Waals surface area contributed by atoms with Crippen LogP contribution in [0.3, 0.4) is 0 Å². The van der Waals surface area contributed by atoms with Crippen LogP contribution in [0.4, 0.5) is 11.5 Å². The van der Waals surface area contributed by atoms with Gasteiger partial charge in [-0.3, -0.25) is 0 Å². The zero-order chi connectivity index (χ0) is 9.97. The van der Waals surface area contributed by atoms with Gasteiger partial charge in [0.1, 0.15) is 5.82 Å². The zero-order valence-electron chi connectivity index (χ0n) is 8.40. The molecule has 0 bridgehead atoms. The Morgan fingerprint density at radius 3 is 3.07 bits per heavy atom. The Kier molecular flexibility index (Phi) is 2.39. The number of rotatable bonds is 1. The number of nitrogens with zero attached hydrogens (tertiary/aromatic N) is 2. The summed E-state index contributed by atoms with van der Waals surface area (Å²) in [6.45, 7) is 4.16. The normalized spacial score (nSPS) is 16.6. The van der Waals surface area contributed by atoms with Crippen LogP contribution >= 0.6 is 0 Å². The number of anilines is 2. The maximum absolute atomic E-state index is 5.72. The summed E-state index contributed by atoms with van der Waals surface area (Å²) in [6, 6.07) is 3.74. The summed E-state index contributed by atoms with van der Waals surface area (Å²) in [4.78, 5) is 6.57. The summed E-state index contributed by atoms with van der Waals surface area (Å²) in [7, 11) is 0. The van der Waals surface area contributed by atoms with E-state index in [1.165, 1.54) is 5.57 Å². The number of hydrogen-bond acceptors (Lipinski definition) is 3. The van der Waals surface area contributed by atoms with Crippen molar-refractivity contribution in [1.82, 2.24) is 4.98 Å². The van der Waals surface area contributed by atoms with Gasteiger partial charge in [-0.25, -0.2) is 4.98 Å². The van der Waals surface area contributed by atoms with Crippen molar-refractivity contribution in [3.8, 4) is 0 Å². The van der Waals surface area contributed by atoms with Crippen LogP contribution in [0.2, 0.25) is 0 Å². The van der Waals surface area contributed by atoms with Gasteiger partial charge in [-0.2, -0.15) is 0 Å². The quantitative estimate of drug-likeness (QED) is 0.685. The Morgan fingerprint density at radius 1 is 1.50 bits per heavy atom. The van der Waals surface area contributed by atoms with Gasteiger partial charge < -0.3 is 10.6 Å². The predicted molar refractivity (Wildman–Crippen MR) is 59.2 cm³/mol. The molecule has 1 aliphatic heterocycles. The number of pyridine rings is 1. The van der Waals surface area contributed by atoms with Gasteiger partial charge in [0.05, 0.1) is 0 Å². The van der Waals surface area contributed by atoms with E-state index < -0.39 is 0 Å². The molecule has 14 heavy (non-hydrogen) atoms. The number of nitrogens with two attached hydrogens (primary N) is 1. The fourth-order valence-electron chi connectivity index (χ4n) is 1.71. The third-order valence-electron chi connectivity index (χ3n) is 2.43. The lowest BCUT2D eigenvalue weighted by Gasteiger charge is -2.27. The van der Waals surface area contributed by atoms with Gasteiger partial charge in [-0.15, -0.1) is 0 Å². The van der Waals surface area contributed by atoms with Crippen LogP contribution in [0, 0.1) is 0 Å². The Morgan fingerprint density at radius 2 is 2.36 bits per heavy atom. The molecule has 1 aromatic rings. The highest BCUT2D eigenvalue weighted by Crippen LogP contribution is 2.18. The molecule has 2 rings (SSSR count). The van der Waals surface area contributed by atoms with Gasteiger partial charge in [-0.05, 0) is 19.4 Å². The second-order valence-electron chi connectivity index (χ2n) is 3.71. The van der Waals surface area contributed by atoms with Crippen molar-refractivity contribution in [3.05, 3.63) is 30.0 Å². The molecule has 3 heteroatoms. The van der Waals surface area contributed by atoms with E-state index in [2.05, 4.69) is 22.9 Å². The standard InChI is InChI=1S/C11H15N3/c1-9-3-2-6-14(8-9)11-7-10(12)4-5-13-11/h3-5,7H,2,6,8H2,1H3,(H2,12,13). The first kappa shape index (κ1) is 9.06. The van der Waals surface area contributed by atoms with Crippen molar-refractivity contribution in [1.29, 1.82) is 0 Å². The third kappa shape index (κ3) is 1.87. The number of hydrogen-bond donors (Lipinski definition) is 1. The Balaban J connectivity index is 2.19. The molecule has 0 unspecified atom stereocenters. The fraction of sp³-hybridized carbons (Fsp3) is 0.364. The van der Waals surface area contributed by atoms with Gasteiger partial charge in [0.25, 0.3) is 0 Å². The lowest BCUT2D eigenvalue weighted by atomic mass is 10.1. The molecule has 0 radical (unpaired) electrons. The fourth-order valence-corrected chi connectivity index (χ4v) is 1.71. The second kappa shape index (κ2) is 3.70. The smallest absolute Gasteiger partial charge is 0.130 e. The Labute approximate surface area is 84.2 Å². The van der Waals surface area contributed by atoms with Crippen LogP contribution in [-0.4, -0.2) is 18.1 Å². The van der Waals surface area contributed by atoms with E-state index in [-0.39, 0.29) is 0 Å². The van der Waals surface area contributed by atoms with E-state index in [1.54, 1.807) is 6.20 Å². The molecule has 0 fully saturated rings. The van der Waals surface area contributed by atoms with Crippen LogP contribution in [0.1, 0.15) is 13.3 Å². The molecule has 0 aromatic carbocycles. The van der Waals surface area contributed by atoms with Crippen molar-refractivity contribution in [2.24, 2.45) is 0 Å². The Bertz CT molecular complexity index is 357. The highest BCUT2D eigenvalue weighted by Gasteiger charge is 2.11. The number of nitrogen functional groups attached to an aromatic ring is 1. The van der Waals surface area contributed by atoms with Gasteiger partial charge in [0.15, 0.2) is 0 Å². The highest BCUT2D eigenvalue weighted by atomic mass is 15.2. The van der Waals surface area contributed by atoms with Crippen molar-refractivity contribution in [2.75, 3.05) is 23.7 Å². The molecule has 0 spiro atoms. The van der Waals surface area contributed by atoms with E-state index in [9.17, 15) is 0 Å². The summed E-state index contributed by atoms with van der Waals surface area (Å²) in [6.07, 6.45) is 5.14. The molecule has 0 aliphatic carbocycles. The average Bonchev–Trinajstić information content (AvgIpc) is 2.18. The molecule has 0 atom stereocenters. The minimum atomic E-state index is 0.780. The summed E-state index contributed by atoms with van der Waals surface area (Å²) >= 11 is 0. The minimum Gasteiger partial charge on any atom is -0.399 e. The van der Waals surface area contributed by atoms with E-state index in [1.807, 2.05) is 12.1 Å². The first-order chi connectivity index (χ1) is 6.75. The van der Waals surface area contributed by atoms with Crippen LogP contribution in [0.25, 0.3) is 0 Å². The van der Waals surface area contributed by atoms with E-state index in [4.69, 9.17) is 5.73 Å². The monoisotopic (exact) mass is 189 g/mol. The van der Waals surface area contributed by atoms with Gasteiger partial charge >= 0.3 is 0 Å². The molecule has 2 heterocycles. The predicted octanol–water partition coefficient (Wildman–Crippen LogP) is 1.82. The largest absolute Gasteiger partial charge is 0.399 e. The topological polar surface area (TPSA) is 42.1 Å². The van der Waals surface area contributed by atoms with Crippen LogP contribution in [-0.2, 0) is 0 Å². The highest BCUT2D eigenvalue weighted by molar-refractivity contribution is 5.51. The lowest BCUT2D eigenvalue weighted by molar-refractivity contribution is 0.778. The van der Waals surface area contributed by atoms with Crippen molar-refractivity contribution >= 4 is 11.5 Å². The van der Waals surface area contributed by atoms with Crippen molar-refractivity contribution < 1.29 is 0 Å². The summed E-state index contributed by atoms with van der Waals surface area (Å²) in [5, 5.41) is 0. The molecule has 74 valence electrons. The molecule has 0 saturated heterocycles. The van der Waals surface area contributed by atoms with Gasteiger partial charge in [0, 0.05) is 31.0 Å².